The highest BCUT2D eigenvalue weighted by molar-refractivity contribution is 5.95. The molecule has 2 amide bonds. The second kappa shape index (κ2) is 9.31. The van der Waals surface area contributed by atoms with Gasteiger partial charge in [0.15, 0.2) is 0 Å². The number of piperidine rings is 1. The van der Waals surface area contributed by atoms with Gasteiger partial charge in [-0.1, -0.05) is 43.7 Å². The molecule has 0 spiro atoms. The van der Waals surface area contributed by atoms with Crippen molar-refractivity contribution in [3.63, 3.8) is 0 Å². The normalized spacial score (nSPS) is 14.8. The molecule has 1 fully saturated rings. The number of carbonyl (C=O) groups is 2. The second-order valence-corrected chi connectivity index (χ2v) is 7.01. The van der Waals surface area contributed by atoms with Crippen molar-refractivity contribution in [2.45, 2.75) is 32.6 Å². The van der Waals surface area contributed by atoms with Gasteiger partial charge in [-0.05, 0) is 31.4 Å². The van der Waals surface area contributed by atoms with Gasteiger partial charge in [-0.2, -0.15) is 0 Å². The Hall–Kier alpha value is -2.69. The van der Waals surface area contributed by atoms with Crippen molar-refractivity contribution in [3.8, 4) is 11.3 Å². The first-order chi connectivity index (χ1) is 13.2. The minimum Gasteiger partial charge on any atom is -0.356 e. The number of carbonyl (C=O) groups excluding carboxylic acids is 2. The number of nitrogens with one attached hydrogen (secondary N) is 1. The number of amides is 2. The van der Waals surface area contributed by atoms with Crippen LogP contribution in [0.2, 0.25) is 0 Å². The van der Waals surface area contributed by atoms with Crippen LogP contribution in [0.15, 0.2) is 48.7 Å². The number of unbranched alkanes of at least 4 members (excludes halogenated alkanes) is 1. The van der Waals surface area contributed by atoms with E-state index in [-0.39, 0.29) is 17.7 Å². The van der Waals surface area contributed by atoms with Crippen molar-refractivity contribution in [2.75, 3.05) is 19.6 Å². The summed E-state index contributed by atoms with van der Waals surface area (Å²) in [6, 6.07) is 13.5. The molecule has 0 radical (unpaired) electrons. The van der Waals surface area contributed by atoms with Gasteiger partial charge >= 0.3 is 0 Å². The fourth-order valence-corrected chi connectivity index (χ4v) is 3.39. The van der Waals surface area contributed by atoms with Gasteiger partial charge in [0, 0.05) is 42.9 Å². The van der Waals surface area contributed by atoms with Crippen LogP contribution >= 0.6 is 0 Å². The van der Waals surface area contributed by atoms with E-state index < -0.39 is 0 Å². The van der Waals surface area contributed by atoms with Crippen molar-refractivity contribution < 1.29 is 9.59 Å². The summed E-state index contributed by atoms with van der Waals surface area (Å²) in [5, 5.41) is 3.00. The van der Waals surface area contributed by atoms with Crippen molar-refractivity contribution >= 4 is 11.8 Å². The van der Waals surface area contributed by atoms with Crippen LogP contribution in [-0.2, 0) is 4.79 Å². The van der Waals surface area contributed by atoms with Crippen LogP contribution in [0.4, 0.5) is 0 Å². The van der Waals surface area contributed by atoms with Gasteiger partial charge in [0.2, 0.25) is 5.91 Å². The highest BCUT2D eigenvalue weighted by Crippen LogP contribution is 2.22. The summed E-state index contributed by atoms with van der Waals surface area (Å²) >= 11 is 0. The topological polar surface area (TPSA) is 62.3 Å². The Balaban J connectivity index is 1.59. The van der Waals surface area contributed by atoms with E-state index in [0.29, 0.717) is 18.7 Å². The molecule has 1 aliphatic heterocycles. The maximum absolute atomic E-state index is 12.9. The zero-order valence-electron chi connectivity index (χ0n) is 15.9. The van der Waals surface area contributed by atoms with Crippen LogP contribution in [0.1, 0.15) is 43.0 Å². The van der Waals surface area contributed by atoms with E-state index in [2.05, 4.69) is 17.2 Å². The first-order valence-electron chi connectivity index (χ1n) is 9.77. The van der Waals surface area contributed by atoms with Gasteiger partial charge in [0.05, 0.1) is 5.69 Å². The van der Waals surface area contributed by atoms with Gasteiger partial charge in [0.25, 0.3) is 5.91 Å². The van der Waals surface area contributed by atoms with Crippen LogP contribution in [-0.4, -0.2) is 41.3 Å². The molecule has 1 aliphatic rings. The van der Waals surface area contributed by atoms with E-state index in [1.807, 2.05) is 41.3 Å². The van der Waals surface area contributed by atoms with Crippen molar-refractivity contribution in [3.05, 3.63) is 54.2 Å². The Bertz CT molecular complexity index is 768. The predicted octanol–water partition coefficient (Wildman–Crippen LogP) is 3.52. The summed E-state index contributed by atoms with van der Waals surface area (Å²) in [5.74, 6) is 0.161. The first kappa shape index (κ1) is 19.1. The molecule has 0 bridgehead atoms. The third kappa shape index (κ3) is 4.94. The molecule has 2 aromatic rings. The number of benzene rings is 1. The molecule has 1 aromatic heterocycles. The lowest BCUT2D eigenvalue weighted by molar-refractivity contribution is -0.126. The lowest BCUT2D eigenvalue weighted by Crippen LogP contribution is -2.43. The second-order valence-electron chi connectivity index (χ2n) is 7.01. The number of likely N-dealkylation sites (tertiary alicyclic amines) is 1. The summed E-state index contributed by atoms with van der Waals surface area (Å²) in [7, 11) is 0. The quantitative estimate of drug-likeness (QED) is 0.797. The Labute approximate surface area is 160 Å². The molecule has 1 aromatic carbocycles. The Morgan fingerprint density at radius 1 is 1.15 bits per heavy atom. The molecular weight excluding hydrogens is 338 g/mol. The molecule has 1 saturated heterocycles. The molecule has 5 nitrogen and oxygen atoms in total. The Morgan fingerprint density at radius 2 is 1.89 bits per heavy atom. The standard InChI is InChI=1S/C22H27N3O2/c1-2-3-12-24-21(26)18-10-14-25(15-11-18)22(27)19-9-13-23-20(16-19)17-7-5-4-6-8-17/h4-9,13,16,18H,2-3,10-12,14-15H2,1H3,(H,24,26). The van der Waals surface area contributed by atoms with Crippen LogP contribution < -0.4 is 5.32 Å². The van der Waals surface area contributed by atoms with Crippen molar-refractivity contribution in [1.29, 1.82) is 0 Å². The molecule has 2 heterocycles. The SMILES string of the molecule is CCCCNC(=O)C1CCN(C(=O)c2ccnc(-c3ccccc3)c2)CC1. The molecular formula is C22H27N3O2. The summed E-state index contributed by atoms with van der Waals surface area (Å²) in [5.41, 5.74) is 2.44. The highest BCUT2D eigenvalue weighted by Gasteiger charge is 2.27. The zero-order valence-corrected chi connectivity index (χ0v) is 15.9. The largest absolute Gasteiger partial charge is 0.356 e. The van der Waals surface area contributed by atoms with Crippen molar-refractivity contribution in [1.82, 2.24) is 15.2 Å². The molecule has 0 unspecified atom stereocenters. The minimum atomic E-state index is 0.0134. The number of nitrogens with zero attached hydrogens (tertiary/aromatic N) is 2. The first-order valence-corrected chi connectivity index (χ1v) is 9.77. The third-order valence-corrected chi connectivity index (χ3v) is 5.06. The average Bonchev–Trinajstić information content (AvgIpc) is 2.74. The molecule has 3 rings (SSSR count). The number of pyridine rings is 1. The monoisotopic (exact) mass is 365 g/mol. The fourth-order valence-electron chi connectivity index (χ4n) is 3.39. The van der Waals surface area contributed by atoms with E-state index in [9.17, 15) is 9.59 Å². The van der Waals surface area contributed by atoms with Crippen LogP contribution in [0.3, 0.4) is 0 Å². The van der Waals surface area contributed by atoms with Crippen molar-refractivity contribution in [2.24, 2.45) is 5.92 Å². The van der Waals surface area contributed by atoms with Gasteiger partial charge in [-0.15, -0.1) is 0 Å². The Morgan fingerprint density at radius 3 is 2.59 bits per heavy atom. The molecule has 142 valence electrons. The van der Waals surface area contributed by atoms with Gasteiger partial charge in [-0.3, -0.25) is 14.6 Å². The average molecular weight is 365 g/mol. The highest BCUT2D eigenvalue weighted by atomic mass is 16.2. The maximum Gasteiger partial charge on any atom is 0.253 e. The summed E-state index contributed by atoms with van der Waals surface area (Å²) in [6.45, 7) is 4.09. The number of aromatic nitrogens is 1. The van der Waals surface area contributed by atoms with Gasteiger partial charge < -0.3 is 10.2 Å². The van der Waals surface area contributed by atoms with Gasteiger partial charge in [0.1, 0.15) is 0 Å². The smallest absolute Gasteiger partial charge is 0.253 e. The maximum atomic E-state index is 12.9. The zero-order chi connectivity index (χ0) is 19.1. The lowest BCUT2D eigenvalue weighted by Gasteiger charge is -2.31. The molecule has 0 aliphatic carbocycles. The van der Waals surface area contributed by atoms with E-state index in [0.717, 1.165) is 43.5 Å². The van der Waals surface area contributed by atoms with E-state index in [1.54, 1.807) is 12.3 Å². The van der Waals surface area contributed by atoms with Gasteiger partial charge in [-0.25, -0.2) is 0 Å². The minimum absolute atomic E-state index is 0.0134. The molecule has 27 heavy (non-hydrogen) atoms. The lowest BCUT2D eigenvalue weighted by atomic mass is 9.95. The van der Waals surface area contributed by atoms with E-state index >= 15 is 0 Å². The number of rotatable bonds is 6. The molecule has 5 heteroatoms. The fraction of sp³-hybridized carbons (Fsp3) is 0.409. The van der Waals surface area contributed by atoms with E-state index in [1.165, 1.54) is 0 Å². The molecule has 0 atom stereocenters. The van der Waals surface area contributed by atoms with Crippen LogP contribution in [0.5, 0.6) is 0 Å². The van der Waals surface area contributed by atoms with Crippen LogP contribution in [0, 0.1) is 5.92 Å². The predicted molar refractivity (Wildman–Crippen MR) is 106 cm³/mol. The molecule has 1 N–H and O–H groups in total. The van der Waals surface area contributed by atoms with Crippen LogP contribution in [0.25, 0.3) is 11.3 Å². The number of hydrogen-bond acceptors (Lipinski definition) is 3. The summed E-state index contributed by atoms with van der Waals surface area (Å²) in [6.07, 6.45) is 5.21. The third-order valence-electron chi connectivity index (χ3n) is 5.06. The number of hydrogen-bond donors (Lipinski definition) is 1. The summed E-state index contributed by atoms with van der Waals surface area (Å²) < 4.78 is 0. The molecule has 0 saturated carbocycles. The summed E-state index contributed by atoms with van der Waals surface area (Å²) in [4.78, 5) is 31.3. The van der Waals surface area contributed by atoms with E-state index in [4.69, 9.17) is 0 Å². The Kier molecular flexibility index (Phi) is 6.58.